The number of carbonyl (C=O) groups excluding carboxylic acids is 2. The minimum atomic E-state index is -0.656. The van der Waals surface area contributed by atoms with Crippen molar-refractivity contribution in [3.05, 3.63) is 0 Å². The second-order valence-electron chi connectivity index (χ2n) is 4.24. The summed E-state index contributed by atoms with van der Waals surface area (Å²) in [5.41, 5.74) is -0.565. The highest BCUT2D eigenvalue weighted by atomic mass is 16.5. The van der Waals surface area contributed by atoms with E-state index in [2.05, 4.69) is 4.99 Å². The second kappa shape index (κ2) is 4.00. The van der Waals surface area contributed by atoms with E-state index in [0.29, 0.717) is 5.90 Å². The Kier molecular flexibility index (Phi) is 3.12. The molecular formula is C10H15NO4. The first-order valence-corrected chi connectivity index (χ1v) is 4.72. The zero-order chi connectivity index (χ0) is 11.6. The van der Waals surface area contributed by atoms with Crippen LogP contribution in [0.1, 0.15) is 27.7 Å². The van der Waals surface area contributed by atoms with E-state index in [1.54, 1.807) is 20.8 Å². The maximum absolute atomic E-state index is 11.4. The van der Waals surface area contributed by atoms with E-state index in [0.717, 1.165) is 0 Å². The summed E-state index contributed by atoms with van der Waals surface area (Å²) in [5, 5.41) is 0. The minimum absolute atomic E-state index is 0.140. The molecule has 1 unspecified atom stereocenters. The Morgan fingerprint density at radius 1 is 1.60 bits per heavy atom. The molecule has 0 bridgehead atoms. The molecule has 1 aliphatic heterocycles. The molecule has 0 fully saturated rings. The van der Waals surface area contributed by atoms with Crippen molar-refractivity contribution in [3.8, 4) is 0 Å². The molecule has 0 aromatic rings. The Hall–Kier alpha value is -1.39. The quantitative estimate of drug-likeness (QED) is 0.654. The molecule has 5 heteroatoms. The van der Waals surface area contributed by atoms with Crippen molar-refractivity contribution >= 4 is 17.8 Å². The van der Waals surface area contributed by atoms with Crippen molar-refractivity contribution in [2.24, 2.45) is 10.4 Å². The molecule has 84 valence electrons. The van der Waals surface area contributed by atoms with E-state index in [4.69, 9.17) is 9.47 Å². The summed E-state index contributed by atoms with van der Waals surface area (Å²) in [6, 6.07) is 0. The van der Waals surface area contributed by atoms with Crippen molar-refractivity contribution in [1.29, 1.82) is 0 Å². The summed E-state index contributed by atoms with van der Waals surface area (Å²) in [6.07, 6.45) is -0.656. The van der Waals surface area contributed by atoms with Gasteiger partial charge in [-0.15, -0.1) is 0 Å². The third kappa shape index (κ3) is 2.78. The van der Waals surface area contributed by atoms with Crippen molar-refractivity contribution in [1.82, 2.24) is 0 Å². The molecule has 1 atom stereocenters. The molecule has 1 amide bonds. The molecule has 0 saturated carbocycles. The summed E-state index contributed by atoms with van der Waals surface area (Å²) < 4.78 is 10.2. The first-order chi connectivity index (χ1) is 6.83. The molecule has 1 aliphatic rings. The molecule has 0 aromatic carbocycles. The van der Waals surface area contributed by atoms with Gasteiger partial charge in [-0.3, -0.25) is 9.59 Å². The molecule has 1 heterocycles. The van der Waals surface area contributed by atoms with Crippen LogP contribution < -0.4 is 0 Å². The van der Waals surface area contributed by atoms with Crippen LogP contribution in [0.3, 0.4) is 0 Å². The number of ether oxygens (including phenoxy) is 2. The topological polar surface area (TPSA) is 65.0 Å². The Balaban J connectivity index is 2.63. The number of amides is 1. The number of aliphatic imine (C=N–C) groups is 1. The van der Waals surface area contributed by atoms with Crippen molar-refractivity contribution < 1.29 is 19.1 Å². The first kappa shape index (κ1) is 11.7. The predicted molar refractivity (Wildman–Crippen MR) is 53.4 cm³/mol. The lowest BCUT2D eigenvalue weighted by atomic mass is 9.87. The average molecular weight is 213 g/mol. The molecule has 0 spiro atoms. The largest absolute Gasteiger partial charge is 0.467 e. The van der Waals surface area contributed by atoms with Crippen LogP contribution in [0.25, 0.3) is 0 Å². The highest BCUT2D eigenvalue weighted by Gasteiger charge is 2.41. The molecule has 0 radical (unpaired) electrons. The van der Waals surface area contributed by atoms with Crippen molar-refractivity contribution in [2.75, 3.05) is 6.61 Å². The third-order valence-corrected chi connectivity index (χ3v) is 2.14. The van der Waals surface area contributed by atoms with Gasteiger partial charge in [-0.05, 0) is 0 Å². The highest BCUT2D eigenvalue weighted by molar-refractivity contribution is 5.98. The maximum Gasteiger partial charge on any atom is 0.302 e. The second-order valence-corrected chi connectivity index (χ2v) is 4.24. The van der Waals surface area contributed by atoms with Gasteiger partial charge < -0.3 is 9.47 Å². The monoisotopic (exact) mass is 213 g/mol. The van der Waals surface area contributed by atoms with Gasteiger partial charge >= 0.3 is 5.97 Å². The van der Waals surface area contributed by atoms with Crippen LogP contribution in [-0.2, 0) is 19.1 Å². The van der Waals surface area contributed by atoms with Crippen LogP contribution in [0.5, 0.6) is 0 Å². The van der Waals surface area contributed by atoms with Gasteiger partial charge in [-0.2, -0.15) is 4.99 Å². The van der Waals surface area contributed by atoms with E-state index in [1.165, 1.54) is 6.92 Å². The van der Waals surface area contributed by atoms with E-state index < -0.39 is 11.5 Å². The van der Waals surface area contributed by atoms with Gasteiger partial charge in [-0.25, -0.2) is 0 Å². The normalized spacial score (nSPS) is 20.9. The van der Waals surface area contributed by atoms with E-state index in [9.17, 15) is 9.59 Å². The number of rotatable bonds is 3. The molecule has 0 N–H and O–H groups in total. The number of esters is 1. The summed E-state index contributed by atoms with van der Waals surface area (Å²) in [6.45, 7) is 6.69. The van der Waals surface area contributed by atoms with Gasteiger partial charge in [0, 0.05) is 19.3 Å². The van der Waals surface area contributed by atoms with Crippen LogP contribution in [0, 0.1) is 5.41 Å². The fourth-order valence-corrected chi connectivity index (χ4v) is 1.32. The molecule has 0 saturated heterocycles. The van der Waals surface area contributed by atoms with Gasteiger partial charge in [0.25, 0.3) is 5.91 Å². The van der Waals surface area contributed by atoms with E-state index in [1.807, 2.05) is 0 Å². The lowest BCUT2D eigenvalue weighted by Gasteiger charge is -2.28. The number of carbonyl (C=O) groups is 2. The third-order valence-electron chi connectivity index (χ3n) is 2.14. The number of hydrogen-bond acceptors (Lipinski definition) is 4. The number of nitrogens with zero attached hydrogens (tertiary/aromatic N) is 1. The van der Waals surface area contributed by atoms with Gasteiger partial charge in [-0.1, -0.05) is 13.8 Å². The van der Waals surface area contributed by atoms with E-state index >= 15 is 0 Å². The lowest BCUT2D eigenvalue weighted by Crippen LogP contribution is -2.39. The summed E-state index contributed by atoms with van der Waals surface area (Å²) >= 11 is 0. The van der Waals surface area contributed by atoms with Crippen molar-refractivity contribution in [3.63, 3.8) is 0 Å². The number of hydrogen-bond donors (Lipinski definition) is 0. The molecule has 0 aromatic heterocycles. The Morgan fingerprint density at radius 2 is 2.20 bits per heavy atom. The molecule has 0 aliphatic carbocycles. The van der Waals surface area contributed by atoms with Crippen LogP contribution in [-0.4, -0.2) is 30.5 Å². The van der Waals surface area contributed by atoms with Crippen LogP contribution in [0.2, 0.25) is 0 Å². The fourth-order valence-electron chi connectivity index (χ4n) is 1.32. The van der Waals surface area contributed by atoms with Gasteiger partial charge in [0.2, 0.25) is 0 Å². The lowest BCUT2D eigenvalue weighted by molar-refractivity contribution is -0.148. The fraction of sp³-hybridized carbons (Fsp3) is 0.700. The minimum Gasteiger partial charge on any atom is -0.467 e. The zero-order valence-corrected chi connectivity index (χ0v) is 9.36. The first-order valence-electron chi connectivity index (χ1n) is 4.72. The molecule has 15 heavy (non-hydrogen) atoms. The SMILES string of the molecule is CC(=O)OCC(C)(C)C1OC(C)=NC1=O. The van der Waals surface area contributed by atoms with Gasteiger partial charge in [0.05, 0.1) is 0 Å². The highest BCUT2D eigenvalue weighted by Crippen LogP contribution is 2.28. The van der Waals surface area contributed by atoms with Gasteiger partial charge in [0.15, 0.2) is 12.0 Å². The molecule has 5 nitrogen and oxygen atoms in total. The standard InChI is InChI=1S/C10H15NO4/c1-6-11-9(13)8(15-6)10(3,4)5-14-7(2)12/h8H,5H2,1-4H3. The molecule has 1 rings (SSSR count). The Bertz CT molecular complexity index is 319. The summed E-state index contributed by atoms with van der Waals surface area (Å²) in [7, 11) is 0. The van der Waals surface area contributed by atoms with Gasteiger partial charge in [0.1, 0.15) is 6.61 Å². The zero-order valence-electron chi connectivity index (χ0n) is 9.36. The maximum atomic E-state index is 11.4. The average Bonchev–Trinajstić information content (AvgIpc) is 2.43. The van der Waals surface area contributed by atoms with Crippen LogP contribution >= 0.6 is 0 Å². The molecular weight excluding hydrogens is 198 g/mol. The Labute approximate surface area is 88.5 Å². The van der Waals surface area contributed by atoms with Crippen LogP contribution in [0.15, 0.2) is 4.99 Å². The Morgan fingerprint density at radius 3 is 2.60 bits per heavy atom. The van der Waals surface area contributed by atoms with Crippen LogP contribution in [0.4, 0.5) is 0 Å². The van der Waals surface area contributed by atoms with E-state index in [-0.39, 0.29) is 18.5 Å². The van der Waals surface area contributed by atoms with Crippen molar-refractivity contribution in [2.45, 2.75) is 33.8 Å². The summed E-state index contributed by atoms with van der Waals surface area (Å²) in [5.74, 6) is -0.322. The summed E-state index contributed by atoms with van der Waals surface area (Å²) in [4.78, 5) is 25.8. The smallest absolute Gasteiger partial charge is 0.302 e. The predicted octanol–water partition coefficient (Wildman–Crippen LogP) is 0.919.